The van der Waals surface area contributed by atoms with Gasteiger partial charge in [-0.1, -0.05) is 17.7 Å². The van der Waals surface area contributed by atoms with Crippen molar-refractivity contribution in [1.29, 1.82) is 0 Å². The van der Waals surface area contributed by atoms with Crippen molar-refractivity contribution < 1.29 is 4.79 Å². The van der Waals surface area contributed by atoms with Gasteiger partial charge in [0.05, 0.1) is 10.7 Å². The van der Waals surface area contributed by atoms with Crippen molar-refractivity contribution in [2.75, 3.05) is 11.9 Å². The first-order chi connectivity index (χ1) is 9.65. The Kier molecular flexibility index (Phi) is 4.88. The van der Waals surface area contributed by atoms with E-state index in [1.54, 1.807) is 6.07 Å². The molecule has 1 aliphatic heterocycles. The quantitative estimate of drug-likeness (QED) is 0.794. The van der Waals surface area contributed by atoms with E-state index in [0.29, 0.717) is 22.9 Å². The second-order valence-corrected chi connectivity index (χ2v) is 5.30. The number of halogens is 2. The number of nitrogens with one attached hydrogen (secondary N) is 3. The predicted molar refractivity (Wildman–Crippen MR) is 85.4 cm³/mol. The monoisotopic (exact) mass is 326 g/mol. The maximum absolute atomic E-state index is 12.3. The number of anilines is 1. The van der Waals surface area contributed by atoms with E-state index in [1.165, 1.54) is 0 Å². The Balaban J connectivity index is 0.00000161. The number of hydrogen-bond acceptors (Lipinski definition) is 3. The van der Waals surface area contributed by atoms with Crippen LogP contribution in [0.2, 0.25) is 5.02 Å². The summed E-state index contributed by atoms with van der Waals surface area (Å²) in [5, 5.41) is 13.6. The van der Waals surface area contributed by atoms with Crippen LogP contribution in [0.15, 0.2) is 18.2 Å². The van der Waals surface area contributed by atoms with Gasteiger partial charge in [-0.2, -0.15) is 5.10 Å². The predicted octanol–water partition coefficient (Wildman–Crippen LogP) is 2.69. The average Bonchev–Trinajstić information content (AvgIpc) is 2.86. The van der Waals surface area contributed by atoms with Crippen molar-refractivity contribution in [3.63, 3.8) is 0 Å². The normalized spacial score (nSPS) is 13.2. The van der Waals surface area contributed by atoms with Crippen LogP contribution in [0.5, 0.6) is 0 Å². The molecule has 0 fully saturated rings. The lowest BCUT2D eigenvalue weighted by atomic mass is 10.1. The molecule has 1 amide bonds. The minimum absolute atomic E-state index is 0. The van der Waals surface area contributed by atoms with Crippen molar-refractivity contribution >= 4 is 35.6 Å². The standard InChI is InChI=1S/C14H15ClN4O.ClH/c1-8-2-3-12(10(15)6-8)17-14(20)13-9-7-16-5-4-11(9)18-19-13;/h2-3,6,16H,4-5,7H2,1H3,(H,17,20)(H,18,19);1H. The number of aryl methyl sites for hydroxylation is 1. The Morgan fingerprint density at radius 2 is 2.24 bits per heavy atom. The fourth-order valence-corrected chi connectivity index (χ4v) is 2.60. The molecule has 2 aromatic rings. The van der Waals surface area contributed by atoms with Gasteiger partial charge in [0, 0.05) is 30.8 Å². The molecule has 2 heterocycles. The molecule has 0 spiro atoms. The number of H-pyrrole nitrogens is 1. The Hall–Kier alpha value is -1.56. The van der Waals surface area contributed by atoms with E-state index in [0.717, 1.165) is 29.8 Å². The van der Waals surface area contributed by atoms with Gasteiger partial charge in [-0.05, 0) is 24.6 Å². The topological polar surface area (TPSA) is 69.8 Å². The first kappa shape index (κ1) is 15.8. The largest absolute Gasteiger partial charge is 0.319 e. The Morgan fingerprint density at radius 1 is 1.43 bits per heavy atom. The first-order valence-electron chi connectivity index (χ1n) is 6.49. The van der Waals surface area contributed by atoms with Crippen molar-refractivity contribution in [2.45, 2.75) is 19.9 Å². The van der Waals surface area contributed by atoms with Gasteiger partial charge in [0.25, 0.3) is 5.91 Å². The van der Waals surface area contributed by atoms with Crippen LogP contribution in [0.4, 0.5) is 5.69 Å². The summed E-state index contributed by atoms with van der Waals surface area (Å²) in [7, 11) is 0. The van der Waals surface area contributed by atoms with Crippen LogP contribution in [0, 0.1) is 6.92 Å². The van der Waals surface area contributed by atoms with Gasteiger partial charge in [-0.25, -0.2) is 0 Å². The fourth-order valence-electron chi connectivity index (χ4n) is 2.32. The van der Waals surface area contributed by atoms with E-state index in [1.807, 2.05) is 19.1 Å². The molecular weight excluding hydrogens is 311 g/mol. The van der Waals surface area contributed by atoms with Crippen molar-refractivity contribution in [3.8, 4) is 0 Å². The van der Waals surface area contributed by atoms with Gasteiger partial charge in [-0.3, -0.25) is 9.89 Å². The molecule has 0 unspecified atom stereocenters. The zero-order chi connectivity index (χ0) is 14.1. The highest BCUT2D eigenvalue weighted by molar-refractivity contribution is 6.34. The highest BCUT2D eigenvalue weighted by atomic mass is 35.5. The summed E-state index contributed by atoms with van der Waals surface area (Å²) in [6, 6.07) is 5.52. The zero-order valence-electron chi connectivity index (χ0n) is 11.5. The number of hydrogen-bond donors (Lipinski definition) is 3. The molecule has 0 atom stereocenters. The number of fused-ring (bicyclic) bond motifs is 1. The van der Waals surface area contributed by atoms with Crippen LogP contribution >= 0.6 is 24.0 Å². The lowest BCUT2D eigenvalue weighted by Crippen LogP contribution is -2.25. The van der Waals surface area contributed by atoms with Crippen LogP contribution in [0.3, 0.4) is 0 Å². The molecule has 5 nitrogen and oxygen atoms in total. The summed E-state index contributed by atoms with van der Waals surface area (Å²) < 4.78 is 0. The van der Waals surface area contributed by atoms with Gasteiger partial charge in [0.2, 0.25) is 0 Å². The molecule has 3 N–H and O–H groups in total. The van der Waals surface area contributed by atoms with Crippen LogP contribution in [-0.4, -0.2) is 22.6 Å². The molecular formula is C14H16Cl2N4O. The molecule has 112 valence electrons. The fraction of sp³-hybridized carbons (Fsp3) is 0.286. The van der Waals surface area contributed by atoms with E-state index in [9.17, 15) is 4.79 Å². The lowest BCUT2D eigenvalue weighted by molar-refractivity contribution is 0.102. The van der Waals surface area contributed by atoms with Gasteiger partial charge >= 0.3 is 0 Å². The Bertz CT molecular complexity index is 669. The third-order valence-corrected chi connectivity index (χ3v) is 3.71. The molecule has 1 aromatic heterocycles. The first-order valence-corrected chi connectivity index (χ1v) is 6.87. The number of nitrogens with zero attached hydrogens (tertiary/aromatic N) is 1. The smallest absolute Gasteiger partial charge is 0.276 e. The number of aromatic amines is 1. The van der Waals surface area contributed by atoms with Crippen molar-refractivity contribution in [2.24, 2.45) is 0 Å². The molecule has 1 aromatic carbocycles. The van der Waals surface area contributed by atoms with Crippen molar-refractivity contribution in [1.82, 2.24) is 15.5 Å². The molecule has 3 rings (SSSR count). The molecule has 0 saturated carbocycles. The summed E-state index contributed by atoms with van der Waals surface area (Å²) >= 11 is 6.12. The third kappa shape index (κ3) is 3.20. The highest BCUT2D eigenvalue weighted by Gasteiger charge is 2.21. The molecule has 7 heteroatoms. The maximum atomic E-state index is 12.3. The molecule has 0 radical (unpaired) electrons. The van der Waals surface area contributed by atoms with E-state index in [-0.39, 0.29) is 18.3 Å². The summed E-state index contributed by atoms with van der Waals surface area (Å²) in [6.07, 6.45) is 0.862. The summed E-state index contributed by atoms with van der Waals surface area (Å²) in [6.45, 7) is 3.52. The van der Waals surface area contributed by atoms with Gasteiger partial charge < -0.3 is 10.6 Å². The van der Waals surface area contributed by atoms with E-state index < -0.39 is 0 Å². The molecule has 21 heavy (non-hydrogen) atoms. The number of carbonyl (C=O) groups is 1. The number of carbonyl (C=O) groups excluding carboxylic acids is 1. The SMILES string of the molecule is Cc1ccc(NC(=O)c2n[nH]c3c2CNCC3)c(Cl)c1.Cl. The number of benzene rings is 1. The van der Waals surface area contributed by atoms with Gasteiger partial charge in [-0.15, -0.1) is 12.4 Å². The third-order valence-electron chi connectivity index (χ3n) is 3.39. The average molecular weight is 327 g/mol. The number of amides is 1. The number of rotatable bonds is 2. The van der Waals surface area contributed by atoms with Crippen LogP contribution in [0.1, 0.15) is 27.3 Å². The Labute approximate surface area is 133 Å². The molecule has 0 aliphatic carbocycles. The lowest BCUT2D eigenvalue weighted by Gasteiger charge is -2.13. The molecule has 0 bridgehead atoms. The van der Waals surface area contributed by atoms with Gasteiger partial charge in [0.1, 0.15) is 0 Å². The highest BCUT2D eigenvalue weighted by Crippen LogP contribution is 2.24. The van der Waals surface area contributed by atoms with E-state index in [2.05, 4.69) is 20.8 Å². The minimum Gasteiger partial charge on any atom is -0.319 e. The van der Waals surface area contributed by atoms with Crippen LogP contribution in [-0.2, 0) is 13.0 Å². The van der Waals surface area contributed by atoms with E-state index >= 15 is 0 Å². The Morgan fingerprint density at radius 3 is 3.00 bits per heavy atom. The summed E-state index contributed by atoms with van der Waals surface area (Å²) in [5.41, 5.74) is 4.06. The maximum Gasteiger partial charge on any atom is 0.276 e. The second-order valence-electron chi connectivity index (χ2n) is 4.89. The summed E-state index contributed by atoms with van der Waals surface area (Å²) in [4.78, 5) is 12.3. The van der Waals surface area contributed by atoms with Crippen LogP contribution < -0.4 is 10.6 Å². The molecule has 0 saturated heterocycles. The minimum atomic E-state index is -0.239. The second kappa shape index (κ2) is 6.47. The zero-order valence-corrected chi connectivity index (χ0v) is 13.1. The summed E-state index contributed by atoms with van der Waals surface area (Å²) in [5.74, 6) is -0.239. The number of aromatic nitrogens is 2. The molecule has 1 aliphatic rings. The van der Waals surface area contributed by atoms with Crippen molar-refractivity contribution in [3.05, 3.63) is 45.7 Å². The van der Waals surface area contributed by atoms with Gasteiger partial charge in [0.15, 0.2) is 5.69 Å². The van der Waals surface area contributed by atoms with E-state index in [4.69, 9.17) is 11.6 Å². The van der Waals surface area contributed by atoms with Crippen LogP contribution in [0.25, 0.3) is 0 Å².